The monoisotopic (exact) mass is 268 g/mol. The average Bonchev–Trinajstić information content (AvgIpc) is 2.88. The second kappa shape index (κ2) is 5.04. The first-order valence-corrected chi connectivity index (χ1v) is 8.27. The van der Waals surface area contributed by atoms with Gasteiger partial charge in [-0.3, -0.25) is 4.79 Å². The summed E-state index contributed by atoms with van der Waals surface area (Å²) in [6.07, 6.45) is 3.90. The summed E-state index contributed by atoms with van der Waals surface area (Å²) >= 11 is 2.01. The zero-order valence-corrected chi connectivity index (χ0v) is 12.2. The molecule has 4 heteroatoms. The molecular formula is C14H24N2OS. The molecule has 3 aliphatic rings. The van der Waals surface area contributed by atoms with E-state index in [-0.39, 0.29) is 6.04 Å². The number of carbonyl (C=O) groups is 1. The molecule has 3 fully saturated rings. The van der Waals surface area contributed by atoms with Crippen molar-refractivity contribution in [3.05, 3.63) is 0 Å². The van der Waals surface area contributed by atoms with Crippen molar-refractivity contribution in [3.8, 4) is 0 Å². The Balaban J connectivity index is 1.67. The van der Waals surface area contributed by atoms with Crippen molar-refractivity contribution in [2.75, 3.05) is 19.6 Å². The van der Waals surface area contributed by atoms with Gasteiger partial charge in [0.1, 0.15) is 0 Å². The van der Waals surface area contributed by atoms with Gasteiger partial charge in [-0.1, -0.05) is 20.3 Å². The normalized spacial score (nSPS) is 44.1. The molecular weight excluding hydrogens is 244 g/mol. The first kappa shape index (κ1) is 12.8. The molecule has 5 unspecified atom stereocenters. The molecule has 18 heavy (non-hydrogen) atoms. The first-order chi connectivity index (χ1) is 8.65. The van der Waals surface area contributed by atoms with E-state index >= 15 is 0 Å². The summed E-state index contributed by atoms with van der Waals surface area (Å²) in [5.74, 6) is 1.77. The van der Waals surface area contributed by atoms with Crippen molar-refractivity contribution in [2.24, 2.45) is 11.8 Å². The van der Waals surface area contributed by atoms with Crippen LogP contribution in [0.2, 0.25) is 0 Å². The minimum Gasteiger partial charge on any atom is -0.339 e. The minimum atomic E-state index is 0.125. The van der Waals surface area contributed by atoms with E-state index in [9.17, 15) is 4.79 Å². The molecule has 1 saturated carbocycles. The van der Waals surface area contributed by atoms with Crippen LogP contribution in [0.25, 0.3) is 0 Å². The number of fused-ring (bicyclic) bond motifs is 1. The molecule has 2 saturated heterocycles. The van der Waals surface area contributed by atoms with E-state index in [4.69, 9.17) is 0 Å². The van der Waals surface area contributed by atoms with E-state index in [0.29, 0.717) is 22.3 Å². The van der Waals surface area contributed by atoms with Crippen LogP contribution in [0, 0.1) is 11.8 Å². The number of carbonyl (C=O) groups excluding carboxylic acids is 1. The molecule has 1 N–H and O–H groups in total. The number of nitrogens with zero attached hydrogens (tertiary/aromatic N) is 1. The van der Waals surface area contributed by atoms with Gasteiger partial charge in [-0.15, -0.1) is 0 Å². The van der Waals surface area contributed by atoms with Gasteiger partial charge in [0.05, 0.1) is 6.04 Å². The van der Waals surface area contributed by atoms with Crippen molar-refractivity contribution in [1.29, 1.82) is 0 Å². The second-order valence-corrected chi connectivity index (χ2v) is 8.12. The van der Waals surface area contributed by atoms with Crippen molar-refractivity contribution >= 4 is 17.7 Å². The molecule has 0 aromatic heterocycles. The molecule has 102 valence electrons. The molecule has 1 amide bonds. The zero-order chi connectivity index (χ0) is 12.7. The maximum Gasteiger partial charge on any atom is 0.240 e. The number of hydrogen-bond donors (Lipinski definition) is 1. The van der Waals surface area contributed by atoms with Crippen molar-refractivity contribution < 1.29 is 4.79 Å². The quantitative estimate of drug-likeness (QED) is 0.786. The number of rotatable bonds is 1. The van der Waals surface area contributed by atoms with Gasteiger partial charge in [0.2, 0.25) is 5.91 Å². The van der Waals surface area contributed by atoms with Crippen LogP contribution in [0.4, 0.5) is 0 Å². The van der Waals surface area contributed by atoms with Crippen LogP contribution < -0.4 is 5.32 Å². The van der Waals surface area contributed by atoms with E-state index in [2.05, 4.69) is 24.1 Å². The molecule has 0 aromatic carbocycles. The van der Waals surface area contributed by atoms with Crippen molar-refractivity contribution in [3.63, 3.8) is 0 Å². The van der Waals surface area contributed by atoms with Crippen LogP contribution in [0.15, 0.2) is 0 Å². The lowest BCUT2D eigenvalue weighted by Gasteiger charge is -2.36. The summed E-state index contributed by atoms with van der Waals surface area (Å²) in [7, 11) is 0. The average molecular weight is 268 g/mol. The summed E-state index contributed by atoms with van der Waals surface area (Å²) in [6, 6.07) is 0.125. The van der Waals surface area contributed by atoms with Crippen LogP contribution in [0.1, 0.15) is 33.1 Å². The number of hydrogen-bond acceptors (Lipinski definition) is 3. The number of nitrogens with one attached hydrogen (secondary N) is 1. The molecule has 3 nitrogen and oxygen atoms in total. The Morgan fingerprint density at radius 1 is 1.22 bits per heavy atom. The summed E-state index contributed by atoms with van der Waals surface area (Å²) in [6.45, 7) is 7.41. The number of amides is 1. The van der Waals surface area contributed by atoms with Gasteiger partial charge >= 0.3 is 0 Å². The highest BCUT2D eigenvalue weighted by Crippen LogP contribution is 2.38. The third kappa shape index (κ3) is 2.29. The molecule has 0 radical (unpaired) electrons. The fraction of sp³-hybridized carbons (Fsp3) is 0.929. The Labute approximate surface area is 114 Å². The highest BCUT2D eigenvalue weighted by atomic mass is 32.2. The summed E-state index contributed by atoms with van der Waals surface area (Å²) in [4.78, 5) is 14.8. The van der Waals surface area contributed by atoms with Gasteiger partial charge in [0.25, 0.3) is 0 Å². The summed E-state index contributed by atoms with van der Waals surface area (Å²) in [5.41, 5.74) is 0. The molecule has 5 atom stereocenters. The fourth-order valence-electron chi connectivity index (χ4n) is 4.01. The lowest BCUT2D eigenvalue weighted by molar-refractivity contribution is -0.134. The van der Waals surface area contributed by atoms with Gasteiger partial charge in [-0.05, 0) is 31.2 Å². The van der Waals surface area contributed by atoms with Gasteiger partial charge < -0.3 is 10.2 Å². The Bertz CT molecular complexity index is 326. The topological polar surface area (TPSA) is 32.3 Å². The van der Waals surface area contributed by atoms with E-state index in [0.717, 1.165) is 25.6 Å². The van der Waals surface area contributed by atoms with E-state index in [1.165, 1.54) is 19.3 Å². The maximum atomic E-state index is 12.7. The SMILES string of the molecule is CC1CN(C(=O)C2NCC3CCCC32)CC(C)S1. The highest BCUT2D eigenvalue weighted by molar-refractivity contribution is 8.00. The predicted octanol–water partition coefficient (Wildman–Crippen LogP) is 1.73. The second-order valence-electron chi connectivity index (χ2n) is 6.24. The lowest BCUT2D eigenvalue weighted by Crippen LogP contribution is -2.52. The van der Waals surface area contributed by atoms with Crippen LogP contribution in [-0.2, 0) is 4.79 Å². The smallest absolute Gasteiger partial charge is 0.240 e. The van der Waals surface area contributed by atoms with E-state index < -0.39 is 0 Å². The van der Waals surface area contributed by atoms with Crippen molar-refractivity contribution in [2.45, 2.75) is 49.7 Å². The van der Waals surface area contributed by atoms with Crippen LogP contribution in [0.3, 0.4) is 0 Å². The first-order valence-electron chi connectivity index (χ1n) is 7.33. The third-order valence-corrected chi connectivity index (χ3v) is 5.97. The molecule has 3 rings (SSSR count). The van der Waals surface area contributed by atoms with Gasteiger partial charge in [-0.25, -0.2) is 0 Å². The minimum absolute atomic E-state index is 0.125. The van der Waals surface area contributed by atoms with Crippen molar-refractivity contribution in [1.82, 2.24) is 10.2 Å². The van der Waals surface area contributed by atoms with Crippen LogP contribution in [0.5, 0.6) is 0 Å². The van der Waals surface area contributed by atoms with Crippen LogP contribution in [-0.4, -0.2) is 47.0 Å². The fourth-order valence-corrected chi connectivity index (χ4v) is 5.34. The highest BCUT2D eigenvalue weighted by Gasteiger charge is 2.44. The molecule has 2 aliphatic heterocycles. The van der Waals surface area contributed by atoms with E-state index in [1.54, 1.807) is 0 Å². The molecule has 1 aliphatic carbocycles. The van der Waals surface area contributed by atoms with E-state index in [1.807, 2.05) is 11.8 Å². The molecule has 2 heterocycles. The molecule has 0 spiro atoms. The Morgan fingerprint density at radius 3 is 2.67 bits per heavy atom. The molecule has 0 aromatic rings. The third-order valence-electron chi connectivity index (χ3n) is 4.74. The Hall–Kier alpha value is -0.220. The predicted molar refractivity (Wildman–Crippen MR) is 75.7 cm³/mol. The molecule has 0 bridgehead atoms. The zero-order valence-electron chi connectivity index (χ0n) is 11.4. The Kier molecular flexibility index (Phi) is 3.59. The van der Waals surface area contributed by atoms with Gasteiger partial charge in [-0.2, -0.15) is 11.8 Å². The van der Waals surface area contributed by atoms with Gasteiger partial charge in [0, 0.05) is 23.6 Å². The van der Waals surface area contributed by atoms with Crippen LogP contribution >= 0.6 is 11.8 Å². The lowest BCUT2D eigenvalue weighted by atomic mass is 9.93. The Morgan fingerprint density at radius 2 is 1.94 bits per heavy atom. The number of thioether (sulfide) groups is 1. The standard InChI is InChI=1S/C14H24N2OS/c1-9-7-16(8-10(2)18-9)14(17)13-12-5-3-4-11(12)6-15-13/h9-13,15H,3-8H2,1-2H3. The largest absolute Gasteiger partial charge is 0.339 e. The summed E-state index contributed by atoms with van der Waals surface area (Å²) < 4.78 is 0. The maximum absolute atomic E-state index is 12.7. The van der Waals surface area contributed by atoms with Gasteiger partial charge in [0.15, 0.2) is 0 Å². The summed E-state index contributed by atoms with van der Waals surface area (Å²) in [5, 5.41) is 4.65.